The first-order valence-corrected chi connectivity index (χ1v) is 18.0. The minimum atomic E-state index is -5.03. The molecule has 1 aromatic carbocycles. The van der Waals surface area contributed by atoms with Crippen LogP contribution in [0.25, 0.3) is 0 Å². The Hall–Kier alpha value is -4.37. The summed E-state index contributed by atoms with van der Waals surface area (Å²) in [5, 5.41) is 18.4. The van der Waals surface area contributed by atoms with E-state index in [-0.39, 0.29) is 29.3 Å². The molecule has 2 fully saturated rings. The molecule has 0 bridgehead atoms. The van der Waals surface area contributed by atoms with Crippen molar-refractivity contribution in [3.8, 4) is 5.75 Å². The van der Waals surface area contributed by atoms with Gasteiger partial charge in [-0.3, -0.25) is 19.1 Å². The zero-order valence-corrected chi connectivity index (χ0v) is 29.2. The number of aliphatic carboxylic acids is 1. The smallest absolute Gasteiger partial charge is 0.418 e. The number of thiazole rings is 1. The van der Waals surface area contributed by atoms with Crippen molar-refractivity contribution in [2.45, 2.75) is 101 Å². The summed E-state index contributed by atoms with van der Waals surface area (Å²) in [6.45, 7) is 3.99. The van der Waals surface area contributed by atoms with Crippen LogP contribution < -0.4 is 27.3 Å². The quantitative estimate of drug-likeness (QED) is 0.0467. The van der Waals surface area contributed by atoms with Gasteiger partial charge in [0.15, 0.2) is 16.9 Å². The molecule has 0 radical (unpaired) electrons. The van der Waals surface area contributed by atoms with Crippen LogP contribution in [0.1, 0.15) is 76.1 Å². The van der Waals surface area contributed by atoms with Gasteiger partial charge in [-0.1, -0.05) is 5.16 Å². The molecule has 20 heteroatoms. The van der Waals surface area contributed by atoms with Crippen LogP contribution in [0, 0.1) is 0 Å². The minimum Gasteiger partial charge on any atom is -0.485 e. The molecule has 0 unspecified atom stereocenters. The third kappa shape index (κ3) is 7.83. The average Bonchev–Trinajstić information content (AvgIpc) is 3.38. The van der Waals surface area contributed by atoms with Crippen LogP contribution >= 0.6 is 11.3 Å². The molecule has 2 amide bonds. The number of nitrogens with two attached hydrogens (primary N) is 3. The highest BCUT2D eigenvalue weighted by Gasteiger charge is 2.58. The molecule has 1 saturated heterocycles. The number of rotatable bonds is 11. The van der Waals surface area contributed by atoms with Gasteiger partial charge in [-0.25, -0.2) is 9.78 Å². The van der Waals surface area contributed by atoms with Crippen LogP contribution in [-0.2, 0) is 40.3 Å². The largest absolute Gasteiger partial charge is 0.485 e. The molecule has 1 saturated carbocycles. The van der Waals surface area contributed by atoms with E-state index >= 15 is 0 Å². The molecule has 5 atom stereocenters. The average molecular weight is 737 g/mol. The van der Waals surface area contributed by atoms with Gasteiger partial charge < -0.3 is 37.2 Å². The number of amidine groups is 1. The number of oxime groups is 1. The lowest BCUT2D eigenvalue weighted by molar-refractivity contribution is -0.218. The maximum absolute atomic E-state index is 13.5. The normalized spacial score (nSPS) is 25.3. The number of hydroxylamine groups is 2. The fourth-order valence-electron chi connectivity index (χ4n) is 6.04. The second-order valence-corrected chi connectivity index (χ2v) is 15.0. The zero-order valence-electron chi connectivity index (χ0n) is 27.6. The van der Waals surface area contributed by atoms with Crippen LogP contribution in [0.3, 0.4) is 0 Å². The van der Waals surface area contributed by atoms with Crippen molar-refractivity contribution in [2.75, 3.05) is 5.73 Å². The van der Waals surface area contributed by atoms with Gasteiger partial charge in [0, 0.05) is 17.0 Å². The van der Waals surface area contributed by atoms with E-state index in [9.17, 15) is 27.9 Å². The Bertz CT molecular complexity index is 1830. The summed E-state index contributed by atoms with van der Waals surface area (Å²) >= 11 is 0.967. The Labute approximate surface area is 291 Å². The van der Waals surface area contributed by atoms with Crippen molar-refractivity contribution in [1.29, 1.82) is 0 Å². The Morgan fingerprint density at radius 3 is 2.60 bits per heavy atom. The second kappa shape index (κ2) is 14.1. The fraction of sp³-hybridized carbons (Fsp3) is 0.533. The van der Waals surface area contributed by atoms with Crippen molar-refractivity contribution < 1.29 is 46.3 Å². The number of hydrogen-bond donors (Lipinski definition) is 6. The summed E-state index contributed by atoms with van der Waals surface area (Å²) in [4.78, 5) is 53.2. The summed E-state index contributed by atoms with van der Waals surface area (Å²) in [5.74, 6) is -2.62. The lowest BCUT2D eigenvalue weighted by atomic mass is 9.84. The molecule has 3 heterocycles. The standard InChI is InChI=1S/C30H40N8O10S2/c1-29(2)23(26(40)38(29)48-50(43,44)45)36-25(39)22(19-14-49-28(33)35-19)37-47-30(3,27(41)42)21-12-8-15-13-16(7-11-20(15)46-21)24(32)34-18-6-4-5-17(31)9-10-18/h7,11,13-14,17-18,21,23H,4-6,8-10,12,31H2,1-3H3,(H2,32,34)(H2,33,35)(H,36,39)(H,41,42)(H,43,44,45)/b37-22-/t17-,18-,21-,23-,30+/m1/s1. The van der Waals surface area contributed by atoms with Gasteiger partial charge in [0.05, 0.1) is 11.6 Å². The first kappa shape index (κ1) is 36.9. The number of benzene rings is 1. The summed E-state index contributed by atoms with van der Waals surface area (Å²) in [6.07, 6.45) is 4.19. The van der Waals surface area contributed by atoms with Crippen LogP contribution in [0.15, 0.2) is 33.7 Å². The number of nitrogens with one attached hydrogen (secondary N) is 1. The Balaban J connectivity index is 1.34. The van der Waals surface area contributed by atoms with E-state index in [1.54, 1.807) is 12.1 Å². The number of carboxylic acids is 1. The molecule has 5 rings (SSSR count). The lowest BCUT2D eigenvalue weighted by Gasteiger charge is -2.50. The number of aryl methyl sites for hydroxylation is 1. The highest BCUT2D eigenvalue weighted by atomic mass is 32.3. The van der Waals surface area contributed by atoms with Crippen molar-refractivity contribution >= 4 is 56.2 Å². The van der Waals surface area contributed by atoms with Crippen LogP contribution in [0.5, 0.6) is 5.75 Å². The Morgan fingerprint density at radius 2 is 1.96 bits per heavy atom. The van der Waals surface area contributed by atoms with E-state index in [1.165, 1.54) is 26.2 Å². The zero-order chi connectivity index (χ0) is 36.6. The van der Waals surface area contributed by atoms with E-state index in [0.717, 1.165) is 54.6 Å². The van der Waals surface area contributed by atoms with Gasteiger partial charge in [-0.15, -0.1) is 15.6 Å². The monoisotopic (exact) mass is 736 g/mol. The van der Waals surface area contributed by atoms with Gasteiger partial charge in [-0.05, 0) is 89.5 Å². The minimum absolute atomic E-state index is 0.0602. The number of β-lactam (4-membered cyclic amide) rings is 1. The SMILES string of the molecule is CC1(C)[C@H](NC(=O)/C(=N\O[C@](C)(C(=O)O)[C@H]2CCc3cc(C(N)=N[C@@H]4CCC[C@@H](N)CC4)ccc3O2)c2csc(N)n2)C(=O)N1OS(=O)(=O)O. The van der Waals surface area contributed by atoms with E-state index in [1.807, 2.05) is 6.07 Å². The van der Waals surface area contributed by atoms with Crippen molar-refractivity contribution in [1.82, 2.24) is 15.4 Å². The highest BCUT2D eigenvalue weighted by Crippen LogP contribution is 2.35. The molecule has 18 nitrogen and oxygen atoms in total. The third-order valence-electron chi connectivity index (χ3n) is 9.07. The predicted octanol–water partition coefficient (Wildman–Crippen LogP) is 0.888. The first-order valence-electron chi connectivity index (χ1n) is 15.8. The first-order chi connectivity index (χ1) is 23.4. The summed E-state index contributed by atoms with van der Waals surface area (Å²) in [7, 11) is -5.03. The molecule has 1 aliphatic carbocycles. The second-order valence-electron chi connectivity index (χ2n) is 13.1. The van der Waals surface area contributed by atoms with Gasteiger partial charge in [0.1, 0.15) is 23.3 Å². The van der Waals surface area contributed by atoms with Crippen molar-refractivity contribution in [3.63, 3.8) is 0 Å². The number of nitrogens with zero attached hydrogens (tertiary/aromatic N) is 4. The van der Waals surface area contributed by atoms with Gasteiger partial charge in [0.2, 0.25) is 0 Å². The molecule has 1 aromatic heterocycles. The third-order valence-corrected chi connectivity index (χ3v) is 10.1. The number of anilines is 1. The highest BCUT2D eigenvalue weighted by molar-refractivity contribution is 7.80. The molecule has 2 aliphatic heterocycles. The van der Waals surface area contributed by atoms with Gasteiger partial charge in [-0.2, -0.15) is 13.5 Å². The van der Waals surface area contributed by atoms with Crippen molar-refractivity contribution in [3.05, 3.63) is 40.4 Å². The lowest BCUT2D eigenvalue weighted by Crippen LogP contribution is -2.76. The van der Waals surface area contributed by atoms with Crippen LogP contribution in [0.2, 0.25) is 0 Å². The van der Waals surface area contributed by atoms with Crippen molar-refractivity contribution in [2.24, 2.45) is 21.6 Å². The van der Waals surface area contributed by atoms with E-state index in [0.29, 0.717) is 23.1 Å². The number of carbonyl (C=O) groups is 3. The van der Waals surface area contributed by atoms with Gasteiger partial charge in [0.25, 0.3) is 17.4 Å². The molecule has 2 aromatic rings. The Kier molecular flexibility index (Phi) is 10.4. The molecular weight excluding hydrogens is 697 g/mol. The predicted molar refractivity (Wildman–Crippen MR) is 180 cm³/mol. The molecule has 9 N–H and O–H groups in total. The van der Waals surface area contributed by atoms with Crippen LogP contribution in [-0.4, -0.2) is 92.8 Å². The molecule has 272 valence electrons. The maximum Gasteiger partial charge on any atom is 0.418 e. The number of carboxylic acid groups (broad SMARTS) is 1. The maximum atomic E-state index is 13.5. The fourth-order valence-corrected chi connectivity index (χ4v) is 7.04. The van der Waals surface area contributed by atoms with E-state index < -0.39 is 57.2 Å². The number of aliphatic imine (C=N–C) groups is 1. The summed E-state index contributed by atoms with van der Waals surface area (Å²) in [5.41, 5.74) is 15.6. The van der Waals surface area contributed by atoms with Crippen LogP contribution in [0.4, 0.5) is 5.13 Å². The summed E-state index contributed by atoms with van der Waals surface area (Å²) in [6, 6.07) is 4.25. The van der Waals surface area contributed by atoms with E-state index in [2.05, 4.69) is 19.7 Å². The van der Waals surface area contributed by atoms with E-state index in [4.69, 9.17) is 36.3 Å². The molecular formula is C30H40N8O10S2. The van der Waals surface area contributed by atoms with Gasteiger partial charge >= 0.3 is 16.4 Å². The molecule has 50 heavy (non-hydrogen) atoms. The number of aromatic nitrogens is 1. The number of ether oxygens (including phenoxy) is 1. The summed E-state index contributed by atoms with van der Waals surface area (Å²) < 4.78 is 41.8. The number of hydrogen-bond acceptors (Lipinski definition) is 14. The molecule has 0 spiro atoms. The number of carbonyl (C=O) groups excluding carboxylic acids is 2. The Morgan fingerprint density at radius 1 is 1.22 bits per heavy atom. The number of nitrogen functional groups attached to an aromatic ring is 1. The number of amides is 2. The topological polar surface area (TPSA) is 284 Å². The number of fused-ring (bicyclic) bond motifs is 1. The molecule has 3 aliphatic rings.